The summed E-state index contributed by atoms with van der Waals surface area (Å²) in [5.41, 5.74) is 0.616. The summed E-state index contributed by atoms with van der Waals surface area (Å²) in [6.45, 7) is 0. The number of halogens is 2. The van der Waals surface area contributed by atoms with Crippen LogP contribution in [0.1, 0.15) is 17.2 Å². The molecule has 1 aliphatic heterocycles. The van der Waals surface area contributed by atoms with Crippen molar-refractivity contribution in [3.05, 3.63) is 114 Å². The smallest absolute Gasteiger partial charge is 0.300 e. The minimum Gasteiger partial charge on any atom is -0.507 e. The van der Waals surface area contributed by atoms with Crippen molar-refractivity contribution in [1.29, 1.82) is 0 Å². The highest BCUT2D eigenvalue weighted by molar-refractivity contribution is 6.51. The number of hydrogen-bond acceptors (Lipinski definition) is 4. The Morgan fingerprint density at radius 1 is 0.879 bits per heavy atom. The maximum atomic E-state index is 14.0. The van der Waals surface area contributed by atoms with Crippen LogP contribution in [0, 0.1) is 11.6 Å². The van der Waals surface area contributed by atoms with Crippen LogP contribution in [0.15, 0.2) is 90.8 Å². The molecule has 0 aliphatic carbocycles. The molecule has 1 aromatic heterocycles. The number of benzene rings is 3. The van der Waals surface area contributed by atoms with Gasteiger partial charge in [-0.15, -0.1) is 0 Å². The van der Waals surface area contributed by atoms with E-state index in [9.17, 15) is 23.5 Å². The van der Waals surface area contributed by atoms with Crippen LogP contribution >= 0.6 is 0 Å². The predicted octanol–water partition coefficient (Wildman–Crippen LogP) is 5.14. The van der Waals surface area contributed by atoms with Gasteiger partial charge >= 0.3 is 0 Å². The molecule has 33 heavy (non-hydrogen) atoms. The first kappa shape index (κ1) is 20.5. The number of carbonyl (C=O) groups is 2. The van der Waals surface area contributed by atoms with E-state index in [1.807, 2.05) is 24.3 Å². The largest absolute Gasteiger partial charge is 0.507 e. The lowest BCUT2D eigenvalue weighted by molar-refractivity contribution is -0.132. The zero-order valence-electron chi connectivity index (χ0n) is 17.1. The van der Waals surface area contributed by atoms with Crippen molar-refractivity contribution < 1.29 is 23.5 Å². The van der Waals surface area contributed by atoms with Crippen molar-refractivity contribution in [1.82, 2.24) is 4.98 Å². The van der Waals surface area contributed by atoms with Crippen LogP contribution in [-0.4, -0.2) is 21.8 Å². The normalized spacial score (nSPS) is 17.6. The van der Waals surface area contributed by atoms with Crippen molar-refractivity contribution >= 4 is 33.9 Å². The lowest BCUT2D eigenvalue weighted by Gasteiger charge is -2.25. The van der Waals surface area contributed by atoms with Gasteiger partial charge in [-0.05, 0) is 40.6 Å². The first-order valence-electron chi connectivity index (χ1n) is 10.1. The van der Waals surface area contributed by atoms with Gasteiger partial charge in [-0.3, -0.25) is 19.5 Å². The van der Waals surface area contributed by atoms with Crippen LogP contribution in [0.5, 0.6) is 0 Å². The minimum absolute atomic E-state index is 0.0117. The number of pyridine rings is 1. The Bertz CT molecular complexity index is 1450. The fourth-order valence-electron chi connectivity index (χ4n) is 4.08. The monoisotopic (exact) mass is 442 g/mol. The second-order valence-electron chi connectivity index (χ2n) is 7.62. The van der Waals surface area contributed by atoms with Crippen LogP contribution in [0.25, 0.3) is 16.5 Å². The molecule has 1 atom stereocenters. The van der Waals surface area contributed by atoms with E-state index in [0.717, 1.165) is 27.8 Å². The van der Waals surface area contributed by atoms with Gasteiger partial charge in [0.2, 0.25) is 0 Å². The summed E-state index contributed by atoms with van der Waals surface area (Å²) < 4.78 is 27.5. The highest BCUT2D eigenvalue weighted by atomic mass is 19.2. The van der Waals surface area contributed by atoms with Crippen LogP contribution in [0.2, 0.25) is 0 Å². The Hall–Kier alpha value is -4.39. The van der Waals surface area contributed by atoms with E-state index in [1.54, 1.807) is 30.3 Å². The number of fused-ring (bicyclic) bond motifs is 1. The second-order valence-corrected chi connectivity index (χ2v) is 7.62. The molecular formula is C26H16F2N2O3. The molecular weight excluding hydrogens is 426 g/mol. The Morgan fingerprint density at radius 3 is 2.39 bits per heavy atom. The summed E-state index contributed by atoms with van der Waals surface area (Å²) in [5, 5.41) is 13.0. The van der Waals surface area contributed by atoms with Crippen molar-refractivity contribution in [3.63, 3.8) is 0 Å². The number of Topliss-reactive ketones (excluding diaryl/α,β-unsaturated/α-hetero) is 1. The first-order chi connectivity index (χ1) is 16.0. The number of amides is 1. The number of carbonyl (C=O) groups excluding carboxylic acids is 2. The fraction of sp³-hybridized carbons (Fsp3) is 0.0385. The molecule has 5 nitrogen and oxygen atoms in total. The fourth-order valence-corrected chi connectivity index (χ4v) is 4.08. The summed E-state index contributed by atoms with van der Waals surface area (Å²) in [6.07, 6.45) is 2.98. The Kier molecular flexibility index (Phi) is 4.94. The van der Waals surface area contributed by atoms with Crippen LogP contribution in [-0.2, 0) is 9.59 Å². The third kappa shape index (κ3) is 3.43. The molecule has 3 aromatic carbocycles. The van der Waals surface area contributed by atoms with Crippen molar-refractivity contribution in [2.45, 2.75) is 6.04 Å². The molecule has 1 fully saturated rings. The van der Waals surface area contributed by atoms with Gasteiger partial charge in [0.25, 0.3) is 11.7 Å². The number of aliphatic hydroxyl groups excluding tert-OH is 1. The number of nitrogens with zero attached hydrogens (tertiary/aromatic N) is 2. The van der Waals surface area contributed by atoms with E-state index < -0.39 is 29.4 Å². The maximum Gasteiger partial charge on any atom is 0.300 e. The first-order valence-corrected chi connectivity index (χ1v) is 10.1. The lowest BCUT2D eigenvalue weighted by atomic mass is 9.95. The predicted molar refractivity (Wildman–Crippen MR) is 119 cm³/mol. The van der Waals surface area contributed by atoms with E-state index in [4.69, 9.17) is 0 Å². The Labute approximate surface area is 187 Å². The molecule has 1 unspecified atom stereocenters. The van der Waals surface area contributed by atoms with Crippen molar-refractivity contribution in [2.24, 2.45) is 0 Å². The van der Waals surface area contributed by atoms with Gasteiger partial charge in [0.1, 0.15) is 5.76 Å². The van der Waals surface area contributed by atoms with Crippen LogP contribution in [0.3, 0.4) is 0 Å². The SMILES string of the molecule is O=C1C(=O)N(c2ccc(F)c(F)c2)C(c2cccnc2)/C1=C(/O)c1ccc2ccccc2c1. The maximum absolute atomic E-state index is 14.0. The molecule has 1 N–H and O–H groups in total. The number of rotatable bonds is 3. The molecule has 0 spiro atoms. The number of anilines is 1. The quantitative estimate of drug-likeness (QED) is 0.271. The van der Waals surface area contributed by atoms with Gasteiger partial charge in [-0.2, -0.15) is 0 Å². The Balaban J connectivity index is 1.73. The number of ketones is 1. The second kappa shape index (κ2) is 7.94. The molecule has 0 radical (unpaired) electrons. The number of aromatic nitrogens is 1. The van der Waals surface area contributed by atoms with E-state index in [-0.39, 0.29) is 17.0 Å². The highest BCUT2D eigenvalue weighted by Gasteiger charge is 2.47. The molecule has 1 saturated heterocycles. The van der Waals surface area contributed by atoms with Crippen molar-refractivity contribution in [2.75, 3.05) is 4.90 Å². The lowest BCUT2D eigenvalue weighted by Crippen LogP contribution is -2.29. The third-order valence-corrected chi connectivity index (χ3v) is 5.65. The summed E-state index contributed by atoms with van der Waals surface area (Å²) in [7, 11) is 0. The van der Waals surface area contributed by atoms with Crippen LogP contribution in [0.4, 0.5) is 14.5 Å². The Morgan fingerprint density at radius 2 is 1.67 bits per heavy atom. The van der Waals surface area contributed by atoms with Gasteiger partial charge in [0, 0.05) is 29.7 Å². The molecule has 5 rings (SSSR count). The molecule has 2 heterocycles. The number of aliphatic hydroxyl groups is 1. The standard InChI is InChI=1S/C26H16F2N2O3/c27-20-10-9-19(13-21(20)28)30-23(18-6-3-11-29-14-18)22(25(32)26(30)33)24(31)17-8-7-15-4-1-2-5-16(15)12-17/h1-14,23,31H/b24-22-. The zero-order valence-corrected chi connectivity index (χ0v) is 17.1. The average Bonchev–Trinajstić information content (AvgIpc) is 3.11. The van der Waals surface area contributed by atoms with Crippen LogP contribution < -0.4 is 4.90 Å². The topological polar surface area (TPSA) is 70.5 Å². The van der Waals surface area contributed by atoms with Gasteiger partial charge in [-0.25, -0.2) is 8.78 Å². The molecule has 4 aromatic rings. The van der Waals surface area contributed by atoms with Gasteiger partial charge in [0.05, 0.1) is 11.6 Å². The molecule has 1 aliphatic rings. The molecule has 7 heteroatoms. The summed E-state index contributed by atoms with van der Waals surface area (Å²) in [4.78, 5) is 31.3. The summed E-state index contributed by atoms with van der Waals surface area (Å²) in [5.74, 6) is -4.49. The average molecular weight is 442 g/mol. The van der Waals surface area contributed by atoms with E-state index in [1.165, 1.54) is 18.5 Å². The summed E-state index contributed by atoms with van der Waals surface area (Å²) >= 11 is 0. The van der Waals surface area contributed by atoms with Gasteiger partial charge in [-0.1, -0.05) is 42.5 Å². The van der Waals surface area contributed by atoms with E-state index in [0.29, 0.717) is 11.1 Å². The van der Waals surface area contributed by atoms with Crippen molar-refractivity contribution in [3.8, 4) is 0 Å². The summed E-state index contributed by atoms with van der Waals surface area (Å²) in [6, 6.07) is 17.8. The minimum atomic E-state index is -1.16. The molecule has 1 amide bonds. The molecule has 0 saturated carbocycles. The molecule has 162 valence electrons. The highest BCUT2D eigenvalue weighted by Crippen LogP contribution is 2.42. The van der Waals surface area contributed by atoms with E-state index in [2.05, 4.69) is 4.98 Å². The molecule has 0 bridgehead atoms. The van der Waals surface area contributed by atoms with Gasteiger partial charge < -0.3 is 5.11 Å². The third-order valence-electron chi connectivity index (χ3n) is 5.65. The van der Waals surface area contributed by atoms with Gasteiger partial charge in [0.15, 0.2) is 11.6 Å². The van der Waals surface area contributed by atoms with E-state index >= 15 is 0 Å². The number of hydrogen-bond donors (Lipinski definition) is 1. The zero-order chi connectivity index (χ0) is 23.1.